The number of carbonyl (C=O) groups excluding carboxylic acids is 1. The summed E-state index contributed by atoms with van der Waals surface area (Å²) in [7, 11) is 0. The summed E-state index contributed by atoms with van der Waals surface area (Å²) in [6.45, 7) is 4.36. The molecule has 0 aliphatic rings. The number of amides is 1. The lowest BCUT2D eigenvalue weighted by Crippen LogP contribution is -2.41. The van der Waals surface area contributed by atoms with Crippen LogP contribution in [0.5, 0.6) is 0 Å². The molecule has 0 unspecified atom stereocenters. The van der Waals surface area contributed by atoms with E-state index < -0.39 is 5.41 Å². The lowest BCUT2D eigenvalue weighted by atomic mass is 9.84. The van der Waals surface area contributed by atoms with Gasteiger partial charge in [0.05, 0.1) is 5.41 Å². The van der Waals surface area contributed by atoms with Crippen molar-refractivity contribution in [3.63, 3.8) is 0 Å². The Bertz CT molecular complexity index is 421. The van der Waals surface area contributed by atoms with Crippen molar-refractivity contribution < 1.29 is 4.79 Å². The molecule has 0 aromatic heterocycles. The summed E-state index contributed by atoms with van der Waals surface area (Å²) in [6.07, 6.45) is 0. The maximum absolute atomic E-state index is 12.0. The molecule has 0 saturated carbocycles. The molecule has 90 valence electrons. The Hall–Kier alpha value is -2.00. The first kappa shape index (κ1) is 13.1. The number of rotatable bonds is 5. The van der Waals surface area contributed by atoms with E-state index in [1.807, 2.05) is 44.2 Å². The average molecular weight is 232 g/mol. The van der Waals surface area contributed by atoms with Crippen molar-refractivity contribution in [2.24, 2.45) is 5.11 Å². The molecule has 0 saturated heterocycles. The second kappa shape index (κ2) is 5.92. The predicted molar refractivity (Wildman–Crippen MR) is 66.5 cm³/mol. The maximum atomic E-state index is 12.0. The van der Waals surface area contributed by atoms with Gasteiger partial charge < -0.3 is 5.32 Å². The molecule has 0 atom stereocenters. The van der Waals surface area contributed by atoms with E-state index in [0.29, 0.717) is 6.54 Å². The van der Waals surface area contributed by atoms with Gasteiger partial charge in [-0.2, -0.15) is 0 Å². The number of azide groups is 1. The number of benzene rings is 1. The zero-order valence-corrected chi connectivity index (χ0v) is 10.1. The Morgan fingerprint density at radius 3 is 2.65 bits per heavy atom. The first-order valence-electron chi connectivity index (χ1n) is 5.43. The molecule has 1 amide bonds. The molecule has 0 bridgehead atoms. The minimum Gasteiger partial charge on any atom is -0.355 e. The zero-order valence-electron chi connectivity index (χ0n) is 10.1. The second-order valence-electron chi connectivity index (χ2n) is 4.20. The van der Waals surface area contributed by atoms with Crippen LogP contribution in [0.3, 0.4) is 0 Å². The van der Waals surface area contributed by atoms with Crippen LogP contribution in [0.25, 0.3) is 10.4 Å². The minimum atomic E-state index is -0.586. The van der Waals surface area contributed by atoms with Crippen molar-refractivity contribution in [2.45, 2.75) is 19.3 Å². The first-order valence-corrected chi connectivity index (χ1v) is 5.43. The molecule has 0 heterocycles. The highest BCUT2D eigenvalue weighted by Crippen LogP contribution is 2.22. The molecule has 1 aromatic rings. The largest absolute Gasteiger partial charge is 0.355 e. The maximum Gasteiger partial charge on any atom is 0.230 e. The van der Waals surface area contributed by atoms with E-state index in [0.717, 1.165) is 5.56 Å². The molecule has 5 nitrogen and oxygen atoms in total. The molecule has 5 heteroatoms. The number of hydrogen-bond acceptors (Lipinski definition) is 2. The smallest absolute Gasteiger partial charge is 0.230 e. The molecule has 0 aliphatic heterocycles. The number of nitrogens with one attached hydrogen (secondary N) is 1. The Kier molecular flexibility index (Phi) is 4.55. The van der Waals surface area contributed by atoms with Gasteiger partial charge in [0.25, 0.3) is 0 Å². The van der Waals surface area contributed by atoms with Crippen LogP contribution in [0.15, 0.2) is 35.4 Å². The SMILES string of the molecule is CC(C)(C(=O)NCCN=[N+]=[N-])c1ccccc1. The quantitative estimate of drug-likeness (QED) is 0.360. The van der Waals surface area contributed by atoms with Crippen LogP contribution in [0, 0.1) is 0 Å². The van der Waals surface area contributed by atoms with Crippen molar-refractivity contribution in [2.75, 3.05) is 13.1 Å². The van der Waals surface area contributed by atoms with E-state index in [9.17, 15) is 4.79 Å². The molecule has 0 radical (unpaired) electrons. The Balaban J connectivity index is 2.64. The van der Waals surface area contributed by atoms with Gasteiger partial charge in [-0.05, 0) is 24.9 Å². The summed E-state index contributed by atoms with van der Waals surface area (Å²) >= 11 is 0. The Morgan fingerprint density at radius 2 is 2.06 bits per heavy atom. The molecule has 17 heavy (non-hydrogen) atoms. The molecule has 1 rings (SSSR count). The van der Waals surface area contributed by atoms with Gasteiger partial charge >= 0.3 is 0 Å². The Morgan fingerprint density at radius 1 is 1.41 bits per heavy atom. The molecule has 0 fully saturated rings. The van der Waals surface area contributed by atoms with Gasteiger partial charge in [-0.25, -0.2) is 0 Å². The third-order valence-electron chi connectivity index (χ3n) is 2.62. The predicted octanol–water partition coefficient (Wildman–Crippen LogP) is 2.39. The number of nitrogens with zero attached hydrogens (tertiary/aromatic N) is 3. The van der Waals surface area contributed by atoms with Crippen LogP contribution >= 0.6 is 0 Å². The van der Waals surface area contributed by atoms with Gasteiger partial charge in [0.15, 0.2) is 0 Å². The molecule has 1 aromatic carbocycles. The van der Waals surface area contributed by atoms with Crippen molar-refractivity contribution in [1.29, 1.82) is 0 Å². The summed E-state index contributed by atoms with van der Waals surface area (Å²) in [5.41, 5.74) is 8.49. The highest BCUT2D eigenvalue weighted by Gasteiger charge is 2.28. The summed E-state index contributed by atoms with van der Waals surface area (Å²) in [5, 5.41) is 6.12. The van der Waals surface area contributed by atoms with Crippen LogP contribution in [-0.4, -0.2) is 19.0 Å². The standard InChI is InChI=1S/C12H16N4O/c1-12(2,10-6-4-3-5-7-10)11(17)14-8-9-15-16-13/h3-7H,8-9H2,1-2H3,(H,14,17). The summed E-state index contributed by atoms with van der Waals surface area (Å²) in [6, 6.07) is 9.58. The van der Waals surface area contributed by atoms with E-state index in [1.54, 1.807) is 0 Å². The van der Waals surface area contributed by atoms with Crippen molar-refractivity contribution in [3.05, 3.63) is 46.3 Å². The molecular formula is C12H16N4O. The van der Waals surface area contributed by atoms with Gasteiger partial charge in [-0.3, -0.25) is 4.79 Å². The second-order valence-corrected chi connectivity index (χ2v) is 4.20. The highest BCUT2D eigenvalue weighted by atomic mass is 16.2. The van der Waals surface area contributed by atoms with E-state index in [4.69, 9.17) is 5.53 Å². The fraction of sp³-hybridized carbons (Fsp3) is 0.417. The minimum absolute atomic E-state index is 0.0724. The fourth-order valence-corrected chi connectivity index (χ4v) is 1.47. The van der Waals surface area contributed by atoms with E-state index in [-0.39, 0.29) is 12.5 Å². The summed E-state index contributed by atoms with van der Waals surface area (Å²) in [5.74, 6) is -0.0724. The third-order valence-corrected chi connectivity index (χ3v) is 2.62. The number of hydrogen-bond donors (Lipinski definition) is 1. The van der Waals surface area contributed by atoms with E-state index in [1.165, 1.54) is 0 Å². The average Bonchev–Trinajstić information content (AvgIpc) is 2.35. The molecule has 0 aliphatic carbocycles. The van der Waals surface area contributed by atoms with E-state index in [2.05, 4.69) is 15.3 Å². The molecule has 0 spiro atoms. The van der Waals surface area contributed by atoms with Gasteiger partial charge in [0.1, 0.15) is 0 Å². The first-order chi connectivity index (χ1) is 8.09. The third kappa shape index (κ3) is 3.50. The van der Waals surface area contributed by atoms with Gasteiger partial charge in [0, 0.05) is 18.0 Å². The lowest BCUT2D eigenvalue weighted by Gasteiger charge is -2.23. The van der Waals surface area contributed by atoms with E-state index >= 15 is 0 Å². The normalized spacial score (nSPS) is 10.5. The van der Waals surface area contributed by atoms with Crippen LogP contribution in [-0.2, 0) is 10.2 Å². The fourth-order valence-electron chi connectivity index (χ4n) is 1.47. The van der Waals surface area contributed by atoms with Crippen LogP contribution in [0.2, 0.25) is 0 Å². The van der Waals surface area contributed by atoms with Crippen molar-refractivity contribution >= 4 is 5.91 Å². The van der Waals surface area contributed by atoms with Gasteiger partial charge in [-0.1, -0.05) is 35.4 Å². The lowest BCUT2D eigenvalue weighted by molar-refractivity contribution is -0.125. The zero-order chi connectivity index (χ0) is 12.7. The van der Waals surface area contributed by atoms with Gasteiger partial charge in [-0.15, -0.1) is 0 Å². The van der Waals surface area contributed by atoms with Crippen LogP contribution < -0.4 is 5.32 Å². The topological polar surface area (TPSA) is 77.9 Å². The van der Waals surface area contributed by atoms with Crippen LogP contribution in [0.1, 0.15) is 19.4 Å². The highest BCUT2D eigenvalue weighted by molar-refractivity contribution is 5.87. The summed E-state index contributed by atoms with van der Waals surface area (Å²) in [4.78, 5) is 14.6. The van der Waals surface area contributed by atoms with Gasteiger partial charge in [0.2, 0.25) is 5.91 Å². The number of carbonyl (C=O) groups is 1. The molecule has 1 N–H and O–H groups in total. The van der Waals surface area contributed by atoms with Crippen LogP contribution in [0.4, 0.5) is 0 Å². The van der Waals surface area contributed by atoms with Crippen molar-refractivity contribution in [3.8, 4) is 0 Å². The van der Waals surface area contributed by atoms with Crippen molar-refractivity contribution in [1.82, 2.24) is 5.32 Å². The summed E-state index contributed by atoms with van der Waals surface area (Å²) < 4.78 is 0. The molecular weight excluding hydrogens is 216 g/mol. The monoisotopic (exact) mass is 232 g/mol. The Labute approximate surface area is 100 Å².